The van der Waals surface area contributed by atoms with Crippen LogP contribution < -0.4 is 5.73 Å². The summed E-state index contributed by atoms with van der Waals surface area (Å²) in [5.41, 5.74) is 6.85. The van der Waals surface area contributed by atoms with E-state index in [-0.39, 0.29) is 24.4 Å². The molecule has 1 amide bonds. The maximum atomic E-state index is 12.4. The standard InChI is InChI=1S/C19H25ClN4O2.ClH/c1-13(21)15-4-3-11-24(12-15)18(25)6-2-5-17-22-19(23-26-17)14-7-9-16(20)10-8-14;/h7-10,13,15H,2-6,11-12,21H2,1H3;1H. The van der Waals surface area contributed by atoms with Gasteiger partial charge in [0.2, 0.25) is 17.6 Å². The van der Waals surface area contributed by atoms with E-state index >= 15 is 0 Å². The van der Waals surface area contributed by atoms with Crippen LogP contribution in [-0.2, 0) is 11.2 Å². The highest BCUT2D eigenvalue weighted by atomic mass is 35.5. The molecule has 2 N–H and O–H groups in total. The molecule has 0 saturated carbocycles. The molecular weight excluding hydrogens is 387 g/mol. The molecule has 0 radical (unpaired) electrons. The van der Waals surface area contributed by atoms with Crippen LogP contribution in [0.2, 0.25) is 5.02 Å². The molecule has 1 saturated heterocycles. The van der Waals surface area contributed by atoms with Crippen LogP contribution in [0.1, 0.15) is 38.5 Å². The topological polar surface area (TPSA) is 85.2 Å². The predicted octanol–water partition coefficient (Wildman–Crippen LogP) is 3.72. The van der Waals surface area contributed by atoms with E-state index < -0.39 is 0 Å². The molecule has 2 aromatic rings. The van der Waals surface area contributed by atoms with Crippen LogP contribution in [0.3, 0.4) is 0 Å². The van der Waals surface area contributed by atoms with E-state index in [1.165, 1.54) is 0 Å². The van der Waals surface area contributed by atoms with Crippen molar-refractivity contribution in [1.82, 2.24) is 15.0 Å². The number of aromatic nitrogens is 2. The van der Waals surface area contributed by atoms with E-state index in [2.05, 4.69) is 10.1 Å². The lowest BCUT2D eigenvalue weighted by atomic mass is 9.92. The summed E-state index contributed by atoms with van der Waals surface area (Å²) >= 11 is 5.89. The van der Waals surface area contributed by atoms with Gasteiger partial charge in [0, 0.05) is 42.6 Å². The van der Waals surface area contributed by atoms with Gasteiger partial charge in [-0.15, -0.1) is 12.4 Å². The lowest BCUT2D eigenvalue weighted by Crippen LogP contribution is -2.45. The first-order valence-corrected chi connectivity index (χ1v) is 9.52. The van der Waals surface area contributed by atoms with Crippen LogP contribution >= 0.6 is 24.0 Å². The first-order valence-electron chi connectivity index (χ1n) is 9.15. The normalized spacial score (nSPS) is 18.0. The van der Waals surface area contributed by atoms with Gasteiger partial charge in [0.15, 0.2) is 0 Å². The molecule has 0 spiro atoms. The fraction of sp³-hybridized carbons (Fsp3) is 0.526. The Morgan fingerprint density at radius 3 is 2.85 bits per heavy atom. The number of likely N-dealkylation sites (tertiary alicyclic amines) is 1. The Balaban J connectivity index is 0.00000261. The average molecular weight is 413 g/mol. The smallest absolute Gasteiger partial charge is 0.226 e. The van der Waals surface area contributed by atoms with Gasteiger partial charge in [-0.25, -0.2) is 0 Å². The van der Waals surface area contributed by atoms with Gasteiger partial charge in [-0.3, -0.25) is 4.79 Å². The zero-order chi connectivity index (χ0) is 18.5. The zero-order valence-electron chi connectivity index (χ0n) is 15.4. The van der Waals surface area contributed by atoms with Crippen LogP contribution in [0.5, 0.6) is 0 Å². The van der Waals surface area contributed by atoms with Crippen LogP contribution in [0.15, 0.2) is 28.8 Å². The summed E-state index contributed by atoms with van der Waals surface area (Å²) in [5.74, 6) is 1.69. The number of rotatable bonds is 6. The van der Waals surface area contributed by atoms with E-state index in [1.54, 1.807) is 12.1 Å². The number of carbonyl (C=O) groups excluding carboxylic acids is 1. The zero-order valence-corrected chi connectivity index (χ0v) is 17.0. The number of halogens is 2. The maximum Gasteiger partial charge on any atom is 0.226 e. The number of benzene rings is 1. The number of hydrogen-bond acceptors (Lipinski definition) is 5. The highest BCUT2D eigenvalue weighted by Gasteiger charge is 2.25. The van der Waals surface area contributed by atoms with Gasteiger partial charge in [0.1, 0.15) is 0 Å². The van der Waals surface area contributed by atoms with Crippen molar-refractivity contribution in [2.75, 3.05) is 13.1 Å². The molecule has 1 fully saturated rings. The van der Waals surface area contributed by atoms with Crippen LogP contribution in [0.25, 0.3) is 11.4 Å². The van der Waals surface area contributed by atoms with Crippen molar-refractivity contribution in [1.29, 1.82) is 0 Å². The van der Waals surface area contributed by atoms with Crippen molar-refractivity contribution in [3.63, 3.8) is 0 Å². The first-order chi connectivity index (χ1) is 12.5. The molecule has 1 aromatic heterocycles. The minimum atomic E-state index is 0. The molecule has 0 bridgehead atoms. The quantitative estimate of drug-likeness (QED) is 0.780. The van der Waals surface area contributed by atoms with E-state index in [1.807, 2.05) is 24.0 Å². The highest BCUT2D eigenvalue weighted by molar-refractivity contribution is 6.30. The Kier molecular flexibility index (Phi) is 8.07. The molecule has 2 heterocycles. The largest absolute Gasteiger partial charge is 0.342 e. The number of nitrogens with two attached hydrogens (primary N) is 1. The van der Waals surface area contributed by atoms with Gasteiger partial charge in [-0.1, -0.05) is 16.8 Å². The van der Waals surface area contributed by atoms with Crippen molar-refractivity contribution in [3.8, 4) is 11.4 Å². The summed E-state index contributed by atoms with van der Waals surface area (Å²) in [4.78, 5) is 18.8. The van der Waals surface area contributed by atoms with Crippen molar-refractivity contribution in [3.05, 3.63) is 35.2 Å². The number of aryl methyl sites for hydroxylation is 1. The molecule has 3 rings (SSSR count). The van der Waals surface area contributed by atoms with Crippen LogP contribution in [0.4, 0.5) is 0 Å². The summed E-state index contributed by atoms with van der Waals surface area (Å²) < 4.78 is 5.29. The third-order valence-corrected chi connectivity index (χ3v) is 5.16. The molecule has 0 aliphatic carbocycles. The minimum Gasteiger partial charge on any atom is -0.342 e. The Bertz CT molecular complexity index is 734. The van der Waals surface area contributed by atoms with Gasteiger partial charge >= 0.3 is 0 Å². The van der Waals surface area contributed by atoms with Crippen molar-refractivity contribution >= 4 is 29.9 Å². The van der Waals surface area contributed by atoms with Gasteiger partial charge in [-0.2, -0.15) is 4.98 Å². The lowest BCUT2D eigenvalue weighted by molar-refractivity contribution is -0.133. The summed E-state index contributed by atoms with van der Waals surface area (Å²) in [7, 11) is 0. The molecule has 2 unspecified atom stereocenters. The Hall–Kier alpha value is -1.63. The van der Waals surface area contributed by atoms with E-state index in [0.717, 1.165) is 31.5 Å². The summed E-state index contributed by atoms with van der Waals surface area (Å²) in [6, 6.07) is 7.42. The average Bonchev–Trinajstić information content (AvgIpc) is 3.11. The second-order valence-electron chi connectivity index (χ2n) is 6.97. The third-order valence-electron chi connectivity index (χ3n) is 4.91. The number of nitrogens with zero attached hydrogens (tertiary/aromatic N) is 3. The SMILES string of the molecule is CC(N)C1CCCN(C(=O)CCCc2nc(-c3ccc(Cl)cc3)no2)C1.Cl. The van der Waals surface area contributed by atoms with E-state index in [9.17, 15) is 4.79 Å². The molecule has 6 nitrogen and oxygen atoms in total. The predicted molar refractivity (Wildman–Crippen MR) is 108 cm³/mol. The fourth-order valence-electron chi connectivity index (χ4n) is 3.29. The van der Waals surface area contributed by atoms with Gasteiger partial charge in [0.25, 0.3) is 0 Å². The fourth-order valence-corrected chi connectivity index (χ4v) is 3.41. The molecule has 1 aliphatic rings. The molecule has 148 valence electrons. The van der Waals surface area contributed by atoms with Crippen molar-refractivity contribution in [2.24, 2.45) is 11.7 Å². The van der Waals surface area contributed by atoms with E-state index in [4.69, 9.17) is 21.9 Å². The second-order valence-corrected chi connectivity index (χ2v) is 7.41. The van der Waals surface area contributed by atoms with Gasteiger partial charge in [-0.05, 0) is 56.4 Å². The van der Waals surface area contributed by atoms with Crippen LogP contribution in [0, 0.1) is 5.92 Å². The van der Waals surface area contributed by atoms with E-state index in [0.29, 0.717) is 41.9 Å². The molecule has 1 aromatic carbocycles. The van der Waals surface area contributed by atoms with Crippen LogP contribution in [-0.4, -0.2) is 40.1 Å². The highest BCUT2D eigenvalue weighted by Crippen LogP contribution is 2.21. The molecule has 8 heteroatoms. The molecule has 2 atom stereocenters. The third kappa shape index (κ3) is 5.92. The second kappa shape index (κ2) is 10.1. The summed E-state index contributed by atoms with van der Waals surface area (Å²) in [6.07, 6.45) is 3.92. The lowest BCUT2D eigenvalue weighted by Gasteiger charge is -2.34. The van der Waals surface area contributed by atoms with Gasteiger partial charge in [0.05, 0.1) is 0 Å². The molecule has 27 heavy (non-hydrogen) atoms. The Labute approximate surface area is 170 Å². The Morgan fingerprint density at radius 2 is 2.15 bits per heavy atom. The number of amides is 1. The monoisotopic (exact) mass is 412 g/mol. The summed E-state index contributed by atoms with van der Waals surface area (Å²) in [5, 5.41) is 4.66. The number of piperidine rings is 1. The first kappa shape index (κ1) is 21.7. The number of carbonyl (C=O) groups is 1. The van der Waals surface area contributed by atoms with Crippen molar-refractivity contribution < 1.29 is 9.32 Å². The summed E-state index contributed by atoms with van der Waals surface area (Å²) in [6.45, 7) is 3.63. The molecular formula is C19H26Cl2N4O2. The van der Waals surface area contributed by atoms with Crippen molar-refractivity contribution in [2.45, 2.75) is 45.1 Å². The molecule has 1 aliphatic heterocycles. The van der Waals surface area contributed by atoms with Gasteiger partial charge < -0.3 is 15.2 Å². The number of hydrogen-bond donors (Lipinski definition) is 1. The Morgan fingerprint density at radius 1 is 1.41 bits per heavy atom. The maximum absolute atomic E-state index is 12.4. The minimum absolute atomic E-state index is 0.